The van der Waals surface area contributed by atoms with Crippen molar-refractivity contribution in [2.75, 3.05) is 19.7 Å². The van der Waals surface area contributed by atoms with Crippen LogP contribution in [0.15, 0.2) is 24.3 Å². The summed E-state index contributed by atoms with van der Waals surface area (Å²) >= 11 is 0. The molecule has 0 aliphatic carbocycles. The first-order valence-corrected chi connectivity index (χ1v) is 7.64. The van der Waals surface area contributed by atoms with E-state index in [4.69, 9.17) is 4.74 Å². The van der Waals surface area contributed by atoms with Crippen LogP contribution in [0.2, 0.25) is 0 Å². The first-order chi connectivity index (χ1) is 9.65. The molecule has 110 valence electrons. The number of hydrogen-bond acceptors (Lipinski definition) is 3. The van der Waals surface area contributed by atoms with Gasteiger partial charge in [0.25, 0.3) is 0 Å². The van der Waals surface area contributed by atoms with E-state index in [9.17, 15) is 4.79 Å². The van der Waals surface area contributed by atoms with Crippen LogP contribution in [-0.2, 0) is 11.2 Å². The Morgan fingerprint density at radius 3 is 2.65 bits per heavy atom. The van der Waals surface area contributed by atoms with E-state index < -0.39 is 0 Å². The maximum atomic E-state index is 12.6. The quantitative estimate of drug-likeness (QED) is 0.774. The third-order valence-electron chi connectivity index (χ3n) is 4.20. The molecule has 2 unspecified atom stereocenters. The number of carbonyl (C=O) groups excluding carboxylic acids is 1. The van der Waals surface area contributed by atoms with Crippen LogP contribution in [-0.4, -0.2) is 42.5 Å². The Kier molecular flexibility index (Phi) is 5.32. The number of rotatable bonds is 5. The monoisotopic (exact) mass is 275 g/mol. The van der Waals surface area contributed by atoms with Crippen LogP contribution in [0.3, 0.4) is 0 Å². The van der Waals surface area contributed by atoms with Crippen LogP contribution in [0, 0.1) is 0 Å². The number of ether oxygens (including phenoxy) is 1. The summed E-state index contributed by atoms with van der Waals surface area (Å²) in [5.74, 6) is 0.212. The maximum absolute atomic E-state index is 12.6. The van der Waals surface area contributed by atoms with Gasteiger partial charge in [0.2, 0.25) is 0 Å². The van der Waals surface area contributed by atoms with E-state index >= 15 is 0 Å². The van der Waals surface area contributed by atoms with E-state index in [0.29, 0.717) is 0 Å². The zero-order chi connectivity index (χ0) is 14.5. The number of nitrogens with zero attached hydrogens (tertiary/aromatic N) is 1. The Labute approximate surface area is 121 Å². The SMILES string of the molecule is CCc1ccc(C(=O)C(C)N2CCOC(CC)C2)cc1. The van der Waals surface area contributed by atoms with Crippen molar-refractivity contribution in [3.63, 3.8) is 0 Å². The lowest BCUT2D eigenvalue weighted by Crippen LogP contribution is -2.49. The Balaban J connectivity index is 2.03. The largest absolute Gasteiger partial charge is 0.376 e. The fourth-order valence-corrected chi connectivity index (χ4v) is 2.65. The molecule has 0 spiro atoms. The fourth-order valence-electron chi connectivity index (χ4n) is 2.65. The molecule has 0 amide bonds. The molecule has 3 heteroatoms. The normalized spacial score (nSPS) is 21.6. The van der Waals surface area contributed by atoms with Crippen molar-refractivity contribution < 1.29 is 9.53 Å². The standard InChI is InChI=1S/C17H25NO2/c1-4-14-6-8-15(9-7-14)17(19)13(3)18-10-11-20-16(5-2)12-18/h6-9,13,16H,4-5,10-12H2,1-3H3. The number of hydrogen-bond donors (Lipinski definition) is 0. The Morgan fingerprint density at radius 2 is 2.05 bits per heavy atom. The van der Waals surface area contributed by atoms with Gasteiger partial charge in [0.15, 0.2) is 5.78 Å². The number of aryl methyl sites for hydroxylation is 1. The third kappa shape index (κ3) is 3.47. The van der Waals surface area contributed by atoms with Gasteiger partial charge < -0.3 is 4.74 Å². The van der Waals surface area contributed by atoms with E-state index in [-0.39, 0.29) is 17.9 Å². The minimum absolute atomic E-state index is 0.0690. The highest BCUT2D eigenvalue weighted by Gasteiger charge is 2.27. The van der Waals surface area contributed by atoms with Crippen molar-refractivity contribution in [3.05, 3.63) is 35.4 Å². The highest BCUT2D eigenvalue weighted by Crippen LogP contribution is 2.15. The first kappa shape index (κ1) is 15.2. The molecular formula is C17H25NO2. The molecule has 1 saturated heterocycles. The van der Waals surface area contributed by atoms with Crippen LogP contribution < -0.4 is 0 Å². The van der Waals surface area contributed by atoms with Crippen molar-refractivity contribution >= 4 is 5.78 Å². The molecule has 1 aromatic rings. The van der Waals surface area contributed by atoms with Crippen molar-refractivity contribution in [1.29, 1.82) is 0 Å². The molecule has 1 heterocycles. The predicted octanol–water partition coefficient (Wildman–Crippen LogP) is 2.93. The predicted molar refractivity (Wildman–Crippen MR) is 81.2 cm³/mol. The van der Waals surface area contributed by atoms with Gasteiger partial charge in [-0.3, -0.25) is 9.69 Å². The molecule has 2 atom stereocenters. The summed E-state index contributed by atoms with van der Waals surface area (Å²) in [6.07, 6.45) is 2.27. The van der Waals surface area contributed by atoms with E-state index in [2.05, 4.69) is 18.7 Å². The van der Waals surface area contributed by atoms with E-state index in [1.54, 1.807) is 0 Å². The lowest BCUT2D eigenvalue weighted by atomic mass is 10.0. The van der Waals surface area contributed by atoms with Crippen LogP contribution in [0.1, 0.15) is 43.1 Å². The molecule has 0 radical (unpaired) electrons. The number of carbonyl (C=O) groups is 1. The number of benzene rings is 1. The molecular weight excluding hydrogens is 250 g/mol. The van der Waals surface area contributed by atoms with Gasteiger partial charge in [-0.2, -0.15) is 0 Å². The lowest BCUT2D eigenvalue weighted by molar-refractivity contribution is -0.0382. The van der Waals surface area contributed by atoms with Gasteiger partial charge in [-0.1, -0.05) is 38.1 Å². The van der Waals surface area contributed by atoms with Gasteiger partial charge in [0.1, 0.15) is 0 Å². The first-order valence-electron chi connectivity index (χ1n) is 7.64. The molecule has 1 aliphatic heterocycles. The van der Waals surface area contributed by atoms with Gasteiger partial charge in [-0.25, -0.2) is 0 Å². The average molecular weight is 275 g/mol. The Morgan fingerprint density at radius 1 is 1.35 bits per heavy atom. The highest BCUT2D eigenvalue weighted by molar-refractivity contribution is 5.99. The second kappa shape index (κ2) is 7.00. The van der Waals surface area contributed by atoms with Crippen molar-refractivity contribution in [3.8, 4) is 0 Å². The van der Waals surface area contributed by atoms with E-state index in [0.717, 1.165) is 38.1 Å². The molecule has 20 heavy (non-hydrogen) atoms. The maximum Gasteiger partial charge on any atom is 0.179 e. The molecule has 0 aromatic heterocycles. The van der Waals surface area contributed by atoms with Crippen LogP contribution in [0.25, 0.3) is 0 Å². The number of morpholine rings is 1. The van der Waals surface area contributed by atoms with Crippen LogP contribution >= 0.6 is 0 Å². The van der Waals surface area contributed by atoms with Crippen molar-refractivity contribution in [1.82, 2.24) is 4.90 Å². The molecule has 0 saturated carbocycles. The molecule has 3 nitrogen and oxygen atoms in total. The number of Topliss-reactive ketones (excluding diaryl/α,β-unsaturated/α-hetero) is 1. The summed E-state index contributed by atoms with van der Waals surface area (Å²) in [5, 5.41) is 0. The molecule has 0 N–H and O–H groups in total. The summed E-state index contributed by atoms with van der Waals surface area (Å²) < 4.78 is 5.67. The molecule has 1 fully saturated rings. The minimum atomic E-state index is -0.0690. The van der Waals surface area contributed by atoms with Gasteiger partial charge in [-0.15, -0.1) is 0 Å². The van der Waals surface area contributed by atoms with Crippen LogP contribution in [0.4, 0.5) is 0 Å². The average Bonchev–Trinajstić information content (AvgIpc) is 2.53. The van der Waals surface area contributed by atoms with Gasteiger partial charge in [0, 0.05) is 18.7 Å². The van der Waals surface area contributed by atoms with Crippen LogP contribution in [0.5, 0.6) is 0 Å². The zero-order valence-corrected chi connectivity index (χ0v) is 12.8. The van der Waals surface area contributed by atoms with Crippen molar-refractivity contribution in [2.45, 2.75) is 45.8 Å². The number of ketones is 1. The van der Waals surface area contributed by atoms with Gasteiger partial charge in [-0.05, 0) is 25.3 Å². The fraction of sp³-hybridized carbons (Fsp3) is 0.588. The Hall–Kier alpha value is -1.19. The lowest BCUT2D eigenvalue weighted by Gasteiger charge is -2.35. The highest BCUT2D eigenvalue weighted by atomic mass is 16.5. The van der Waals surface area contributed by atoms with Gasteiger partial charge in [0.05, 0.1) is 18.8 Å². The van der Waals surface area contributed by atoms with E-state index in [1.807, 2.05) is 31.2 Å². The molecule has 0 bridgehead atoms. The third-order valence-corrected chi connectivity index (χ3v) is 4.20. The summed E-state index contributed by atoms with van der Waals surface area (Å²) in [6.45, 7) is 8.69. The molecule has 2 rings (SSSR count). The summed E-state index contributed by atoms with van der Waals surface area (Å²) in [7, 11) is 0. The zero-order valence-electron chi connectivity index (χ0n) is 12.8. The Bertz CT molecular complexity index is 441. The molecule has 1 aromatic carbocycles. The second-order valence-corrected chi connectivity index (χ2v) is 5.49. The minimum Gasteiger partial charge on any atom is -0.376 e. The molecule has 1 aliphatic rings. The summed E-state index contributed by atoms with van der Waals surface area (Å²) in [5.41, 5.74) is 2.08. The smallest absolute Gasteiger partial charge is 0.179 e. The van der Waals surface area contributed by atoms with Gasteiger partial charge >= 0.3 is 0 Å². The second-order valence-electron chi connectivity index (χ2n) is 5.49. The van der Waals surface area contributed by atoms with Crippen molar-refractivity contribution in [2.24, 2.45) is 0 Å². The summed E-state index contributed by atoms with van der Waals surface area (Å²) in [4.78, 5) is 14.8. The van der Waals surface area contributed by atoms with E-state index in [1.165, 1.54) is 5.56 Å². The summed E-state index contributed by atoms with van der Waals surface area (Å²) in [6, 6.07) is 7.94. The topological polar surface area (TPSA) is 29.5 Å².